The first-order valence-corrected chi connectivity index (χ1v) is 6.83. The molecule has 1 saturated heterocycles. The molecule has 104 valence electrons. The number of carbonyl (C=O) groups excluding carboxylic acids is 1. The van der Waals surface area contributed by atoms with Gasteiger partial charge >= 0.3 is 0 Å². The van der Waals surface area contributed by atoms with Crippen molar-refractivity contribution >= 4 is 5.91 Å². The molecule has 19 heavy (non-hydrogen) atoms. The maximum atomic E-state index is 11.1. The molecule has 2 rings (SSSR count). The highest BCUT2D eigenvalue weighted by atomic mass is 16.5. The molecule has 2 N–H and O–H groups in total. The quantitative estimate of drug-likeness (QED) is 0.816. The Hall–Kier alpha value is -1.55. The first kappa shape index (κ1) is 13.9. The summed E-state index contributed by atoms with van der Waals surface area (Å²) in [6.45, 7) is 2.93. The molecule has 1 heterocycles. The lowest BCUT2D eigenvalue weighted by molar-refractivity contribution is -0.119. The Morgan fingerprint density at radius 2 is 2.16 bits per heavy atom. The fourth-order valence-corrected chi connectivity index (χ4v) is 2.38. The van der Waals surface area contributed by atoms with Crippen LogP contribution >= 0.6 is 0 Å². The molecule has 1 fully saturated rings. The van der Waals surface area contributed by atoms with Gasteiger partial charge in [0.1, 0.15) is 5.75 Å². The van der Waals surface area contributed by atoms with Crippen molar-refractivity contribution in [1.82, 2.24) is 10.6 Å². The number of benzene rings is 1. The lowest BCUT2D eigenvalue weighted by atomic mass is 10.1. The van der Waals surface area contributed by atoms with Crippen molar-refractivity contribution in [2.75, 3.05) is 13.7 Å². The summed E-state index contributed by atoms with van der Waals surface area (Å²) in [4.78, 5) is 11.1. The third-order valence-corrected chi connectivity index (χ3v) is 3.52. The molecule has 4 nitrogen and oxygen atoms in total. The lowest BCUT2D eigenvalue weighted by Gasteiger charge is -2.18. The van der Waals surface area contributed by atoms with Crippen LogP contribution in [0.4, 0.5) is 0 Å². The fraction of sp³-hybridized carbons (Fsp3) is 0.533. The zero-order valence-corrected chi connectivity index (χ0v) is 11.6. The van der Waals surface area contributed by atoms with Gasteiger partial charge in [-0.1, -0.05) is 12.1 Å². The molecule has 2 unspecified atom stereocenters. The van der Waals surface area contributed by atoms with Crippen LogP contribution in [0.1, 0.15) is 25.3 Å². The Labute approximate surface area is 114 Å². The Kier molecular flexibility index (Phi) is 4.80. The lowest BCUT2D eigenvalue weighted by Crippen LogP contribution is -2.38. The van der Waals surface area contributed by atoms with Gasteiger partial charge in [0.25, 0.3) is 0 Å². The van der Waals surface area contributed by atoms with Gasteiger partial charge in [-0.05, 0) is 37.5 Å². The number of rotatable bonds is 6. The molecule has 0 aromatic heterocycles. The summed E-state index contributed by atoms with van der Waals surface area (Å²) < 4.78 is 5.14. The molecule has 0 spiro atoms. The molecule has 4 heteroatoms. The zero-order valence-electron chi connectivity index (χ0n) is 11.6. The Morgan fingerprint density at radius 1 is 1.42 bits per heavy atom. The Bertz CT molecular complexity index is 417. The molecule has 2 atom stereocenters. The first-order chi connectivity index (χ1) is 9.17. The highest BCUT2D eigenvalue weighted by molar-refractivity contribution is 5.78. The number of carbonyl (C=O) groups is 1. The van der Waals surface area contributed by atoms with E-state index in [1.807, 2.05) is 12.1 Å². The highest BCUT2D eigenvalue weighted by Crippen LogP contribution is 2.13. The van der Waals surface area contributed by atoms with E-state index in [2.05, 4.69) is 29.7 Å². The second kappa shape index (κ2) is 6.57. The van der Waals surface area contributed by atoms with Gasteiger partial charge in [0.2, 0.25) is 5.91 Å². The highest BCUT2D eigenvalue weighted by Gasteiger charge is 2.22. The van der Waals surface area contributed by atoms with Crippen LogP contribution in [0.25, 0.3) is 0 Å². The van der Waals surface area contributed by atoms with Crippen molar-refractivity contribution in [3.05, 3.63) is 29.8 Å². The van der Waals surface area contributed by atoms with Crippen molar-refractivity contribution < 1.29 is 9.53 Å². The molecule has 0 bridgehead atoms. The topological polar surface area (TPSA) is 50.4 Å². The number of methoxy groups -OCH3 is 1. The van der Waals surface area contributed by atoms with Gasteiger partial charge in [-0.25, -0.2) is 0 Å². The minimum Gasteiger partial charge on any atom is -0.497 e. The summed E-state index contributed by atoms with van der Waals surface area (Å²) in [6, 6.07) is 8.90. The number of hydrogen-bond donors (Lipinski definition) is 2. The molecular weight excluding hydrogens is 240 g/mol. The van der Waals surface area contributed by atoms with Gasteiger partial charge in [-0.2, -0.15) is 0 Å². The summed E-state index contributed by atoms with van der Waals surface area (Å²) in [6.07, 6.45) is 2.70. The SMILES string of the molecule is COc1ccc(CCC(C)NC2CNC(=O)C2)cc1. The van der Waals surface area contributed by atoms with Gasteiger partial charge in [-0.3, -0.25) is 4.79 Å². The molecule has 0 aliphatic carbocycles. The number of hydrogen-bond acceptors (Lipinski definition) is 3. The zero-order chi connectivity index (χ0) is 13.7. The van der Waals surface area contributed by atoms with Gasteiger partial charge in [0.05, 0.1) is 7.11 Å². The third kappa shape index (κ3) is 4.24. The summed E-state index contributed by atoms with van der Waals surface area (Å²) >= 11 is 0. The van der Waals surface area contributed by atoms with E-state index < -0.39 is 0 Å². The molecule has 1 amide bonds. The van der Waals surface area contributed by atoms with Crippen molar-refractivity contribution in [1.29, 1.82) is 0 Å². The van der Waals surface area contributed by atoms with Crippen LogP contribution < -0.4 is 15.4 Å². The second-order valence-electron chi connectivity index (χ2n) is 5.16. The maximum Gasteiger partial charge on any atom is 0.221 e. The van der Waals surface area contributed by atoms with E-state index >= 15 is 0 Å². The number of ether oxygens (including phenoxy) is 1. The number of amides is 1. The predicted molar refractivity (Wildman–Crippen MR) is 75.3 cm³/mol. The van der Waals surface area contributed by atoms with Crippen LogP contribution in [0.3, 0.4) is 0 Å². The first-order valence-electron chi connectivity index (χ1n) is 6.83. The average Bonchev–Trinajstić information content (AvgIpc) is 2.82. The summed E-state index contributed by atoms with van der Waals surface area (Å²) in [7, 11) is 1.68. The summed E-state index contributed by atoms with van der Waals surface area (Å²) in [5.41, 5.74) is 1.31. The van der Waals surface area contributed by atoms with E-state index in [9.17, 15) is 4.79 Å². The Balaban J connectivity index is 1.73. The van der Waals surface area contributed by atoms with Gasteiger partial charge in [0.15, 0.2) is 0 Å². The molecule has 1 aliphatic rings. The molecule has 0 saturated carbocycles. The van der Waals surface area contributed by atoms with Crippen LogP contribution in [-0.4, -0.2) is 31.6 Å². The Morgan fingerprint density at radius 3 is 2.74 bits per heavy atom. The minimum atomic E-state index is 0.153. The maximum absolute atomic E-state index is 11.1. The normalized spacial score (nSPS) is 20.1. The predicted octanol–water partition coefficient (Wildman–Crippen LogP) is 1.49. The van der Waals surface area contributed by atoms with E-state index in [0.29, 0.717) is 18.5 Å². The van der Waals surface area contributed by atoms with E-state index in [1.54, 1.807) is 7.11 Å². The van der Waals surface area contributed by atoms with Gasteiger partial charge in [-0.15, -0.1) is 0 Å². The van der Waals surface area contributed by atoms with E-state index in [0.717, 1.165) is 25.1 Å². The molecule has 0 radical (unpaired) electrons. The summed E-state index contributed by atoms with van der Waals surface area (Å²) in [5, 5.41) is 6.34. The van der Waals surface area contributed by atoms with Crippen LogP contribution in [0, 0.1) is 0 Å². The smallest absolute Gasteiger partial charge is 0.221 e. The third-order valence-electron chi connectivity index (χ3n) is 3.52. The van der Waals surface area contributed by atoms with Gasteiger partial charge < -0.3 is 15.4 Å². The van der Waals surface area contributed by atoms with Crippen molar-refractivity contribution in [3.8, 4) is 5.75 Å². The van der Waals surface area contributed by atoms with Crippen LogP contribution in [0.2, 0.25) is 0 Å². The van der Waals surface area contributed by atoms with Crippen LogP contribution in [0.15, 0.2) is 24.3 Å². The summed E-state index contributed by atoms with van der Waals surface area (Å²) in [5.74, 6) is 1.05. The minimum absolute atomic E-state index is 0.153. The fourth-order valence-electron chi connectivity index (χ4n) is 2.38. The average molecular weight is 262 g/mol. The molecule has 1 aromatic rings. The molecule has 1 aromatic carbocycles. The largest absolute Gasteiger partial charge is 0.497 e. The number of aryl methyl sites for hydroxylation is 1. The van der Waals surface area contributed by atoms with Crippen LogP contribution in [-0.2, 0) is 11.2 Å². The van der Waals surface area contributed by atoms with Gasteiger partial charge in [0, 0.05) is 25.0 Å². The van der Waals surface area contributed by atoms with Crippen molar-refractivity contribution in [3.63, 3.8) is 0 Å². The van der Waals surface area contributed by atoms with Crippen molar-refractivity contribution in [2.24, 2.45) is 0 Å². The molecular formula is C15H22N2O2. The van der Waals surface area contributed by atoms with Crippen LogP contribution in [0.5, 0.6) is 5.75 Å². The van der Waals surface area contributed by atoms with E-state index in [1.165, 1.54) is 5.56 Å². The monoisotopic (exact) mass is 262 g/mol. The molecule has 1 aliphatic heterocycles. The van der Waals surface area contributed by atoms with Crippen molar-refractivity contribution in [2.45, 2.75) is 38.3 Å². The van der Waals surface area contributed by atoms with E-state index in [-0.39, 0.29) is 5.91 Å². The standard InChI is InChI=1S/C15H22N2O2/c1-11(17-13-9-15(18)16-10-13)3-4-12-5-7-14(19-2)8-6-12/h5-8,11,13,17H,3-4,9-10H2,1-2H3,(H,16,18). The number of nitrogens with one attached hydrogen (secondary N) is 2. The second-order valence-corrected chi connectivity index (χ2v) is 5.16. The van der Waals surface area contributed by atoms with E-state index in [4.69, 9.17) is 4.74 Å².